The Labute approximate surface area is 99.1 Å². The van der Waals surface area contributed by atoms with Gasteiger partial charge in [-0.25, -0.2) is 9.97 Å². The van der Waals surface area contributed by atoms with Gasteiger partial charge in [-0.3, -0.25) is 9.59 Å². The molecular weight excluding hydrogens is 220 g/mol. The lowest BCUT2D eigenvalue weighted by molar-refractivity contribution is -0.145. The number of carbonyl (C=O) groups is 2. The molecular formula is C11H14N4O2. The zero-order chi connectivity index (χ0) is 12.4. The molecule has 1 saturated heterocycles. The van der Waals surface area contributed by atoms with Gasteiger partial charge in [-0.15, -0.1) is 0 Å². The molecule has 0 spiro atoms. The lowest BCUT2D eigenvalue weighted by Gasteiger charge is -2.32. The van der Waals surface area contributed by atoms with Crippen molar-refractivity contribution in [1.29, 1.82) is 0 Å². The molecule has 0 radical (unpaired) electrons. The van der Waals surface area contributed by atoms with Crippen molar-refractivity contribution < 1.29 is 9.59 Å². The van der Waals surface area contributed by atoms with Crippen molar-refractivity contribution in [2.24, 2.45) is 0 Å². The molecule has 2 heterocycles. The molecule has 2 amide bonds. The van der Waals surface area contributed by atoms with Gasteiger partial charge >= 0.3 is 0 Å². The van der Waals surface area contributed by atoms with Gasteiger partial charge in [0, 0.05) is 6.20 Å². The normalized spacial score (nSPS) is 20.4. The minimum Gasteiger partial charge on any atom is -0.345 e. The summed E-state index contributed by atoms with van der Waals surface area (Å²) in [7, 11) is 0. The molecule has 0 aromatic carbocycles. The predicted molar refractivity (Wildman–Crippen MR) is 59.8 cm³/mol. The summed E-state index contributed by atoms with van der Waals surface area (Å²) in [5.74, 6) is 0.438. The number of aryl methyl sites for hydroxylation is 1. The highest BCUT2D eigenvalue weighted by Gasteiger charge is 2.30. The molecule has 1 aliphatic heterocycles. The summed E-state index contributed by atoms with van der Waals surface area (Å²) < 4.78 is 0. The Hall–Kier alpha value is -1.98. The highest BCUT2D eigenvalue weighted by molar-refractivity contribution is 5.94. The van der Waals surface area contributed by atoms with Crippen LogP contribution in [0.5, 0.6) is 0 Å². The molecule has 6 nitrogen and oxygen atoms in total. The number of piperazine rings is 1. The third-order valence-corrected chi connectivity index (χ3v) is 2.75. The van der Waals surface area contributed by atoms with Crippen LogP contribution in [-0.4, -0.2) is 39.3 Å². The Morgan fingerprint density at radius 3 is 3.00 bits per heavy atom. The average molecular weight is 234 g/mol. The quantitative estimate of drug-likeness (QED) is 0.757. The third-order valence-electron chi connectivity index (χ3n) is 2.75. The number of carbonyl (C=O) groups excluding carboxylic acids is 2. The Bertz CT molecular complexity index is 461. The summed E-state index contributed by atoms with van der Waals surface area (Å²) in [6.45, 7) is 3.90. The zero-order valence-corrected chi connectivity index (χ0v) is 9.80. The second-order valence-electron chi connectivity index (χ2n) is 4.01. The number of amides is 2. The van der Waals surface area contributed by atoms with Crippen LogP contribution in [0.4, 0.5) is 0 Å². The zero-order valence-electron chi connectivity index (χ0n) is 9.80. The van der Waals surface area contributed by atoms with Gasteiger partial charge in [0.15, 0.2) is 0 Å². The van der Waals surface area contributed by atoms with E-state index in [1.54, 1.807) is 26.1 Å². The molecule has 90 valence electrons. The molecule has 6 heteroatoms. The summed E-state index contributed by atoms with van der Waals surface area (Å²) in [5, 5.41) is 2.55. The topological polar surface area (TPSA) is 75.2 Å². The predicted octanol–water partition coefficient (Wildman–Crippen LogP) is -0.368. The Balaban J connectivity index is 2.16. The van der Waals surface area contributed by atoms with Crippen LogP contribution in [-0.2, 0) is 16.1 Å². The van der Waals surface area contributed by atoms with E-state index >= 15 is 0 Å². The summed E-state index contributed by atoms with van der Waals surface area (Å²) in [4.78, 5) is 32.9. The van der Waals surface area contributed by atoms with Crippen molar-refractivity contribution in [1.82, 2.24) is 20.2 Å². The van der Waals surface area contributed by atoms with Crippen LogP contribution in [0, 0.1) is 6.92 Å². The van der Waals surface area contributed by atoms with E-state index in [9.17, 15) is 9.59 Å². The van der Waals surface area contributed by atoms with Crippen LogP contribution in [0.25, 0.3) is 0 Å². The van der Waals surface area contributed by atoms with Crippen molar-refractivity contribution >= 4 is 11.8 Å². The fourth-order valence-electron chi connectivity index (χ4n) is 1.76. The minimum atomic E-state index is -0.452. The van der Waals surface area contributed by atoms with E-state index < -0.39 is 6.04 Å². The van der Waals surface area contributed by atoms with Gasteiger partial charge in [-0.2, -0.15) is 0 Å². The van der Waals surface area contributed by atoms with Gasteiger partial charge in [-0.05, 0) is 19.9 Å². The lowest BCUT2D eigenvalue weighted by atomic mass is 10.2. The largest absolute Gasteiger partial charge is 0.345 e. The second kappa shape index (κ2) is 4.48. The average Bonchev–Trinajstić information content (AvgIpc) is 2.30. The van der Waals surface area contributed by atoms with Crippen molar-refractivity contribution in [3.05, 3.63) is 23.8 Å². The van der Waals surface area contributed by atoms with Crippen LogP contribution in [0.2, 0.25) is 0 Å². The maximum Gasteiger partial charge on any atom is 0.242 e. The Morgan fingerprint density at radius 1 is 1.53 bits per heavy atom. The molecule has 1 aromatic rings. The molecule has 0 bridgehead atoms. The van der Waals surface area contributed by atoms with Gasteiger partial charge < -0.3 is 10.2 Å². The van der Waals surface area contributed by atoms with E-state index in [1.165, 1.54) is 4.90 Å². The first-order chi connectivity index (χ1) is 8.08. The first-order valence-electron chi connectivity index (χ1n) is 5.43. The van der Waals surface area contributed by atoms with E-state index in [4.69, 9.17) is 0 Å². The monoisotopic (exact) mass is 234 g/mol. The Kier molecular flexibility index (Phi) is 3.03. The molecule has 2 rings (SSSR count). The number of hydrogen-bond donors (Lipinski definition) is 1. The van der Waals surface area contributed by atoms with Crippen molar-refractivity contribution in [3.63, 3.8) is 0 Å². The molecule has 1 aliphatic rings. The third kappa shape index (κ3) is 2.41. The molecule has 0 saturated carbocycles. The smallest absolute Gasteiger partial charge is 0.242 e. The second-order valence-corrected chi connectivity index (χ2v) is 4.01. The molecule has 1 N–H and O–H groups in total. The van der Waals surface area contributed by atoms with Gasteiger partial charge in [-0.1, -0.05) is 0 Å². The number of nitrogens with one attached hydrogen (secondary N) is 1. The van der Waals surface area contributed by atoms with Crippen LogP contribution in [0.15, 0.2) is 12.3 Å². The molecule has 1 unspecified atom stereocenters. The highest BCUT2D eigenvalue weighted by atomic mass is 16.2. The summed E-state index contributed by atoms with van der Waals surface area (Å²) in [6, 6.07) is 1.30. The van der Waals surface area contributed by atoms with Crippen molar-refractivity contribution in [2.45, 2.75) is 26.4 Å². The van der Waals surface area contributed by atoms with Crippen LogP contribution in [0.3, 0.4) is 0 Å². The fraction of sp³-hybridized carbons (Fsp3) is 0.455. The van der Waals surface area contributed by atoms with Gasteiger partial charge in [0.1, 0.15) is 11.9 Å². The number of rotatable bonds is 2. The van der Waals surface area contributed by atoms with E-state index in [0.717, 1.165) is 5.69 Å². The SMILES string of the molecule is Cc1nccc(CN2C(=O)CNC(=O)C2C)n1. The highest BCUT2D eigenvalue weighted by Crippen LogP contribution is 2.10. The first-order valence-corrected chi connectivity index (χ1v) is 5.43. The fourth-order valence-corrected chi connectivity index (χ4v) is 1.76. The number of nitrogens with zero attached hydrogens (tertiary/aromatic N) is 3. The maximum atomic E-state index is 11.7. The van der Waals surface area contributed by atoms with E-state index in [2.05, 4.69) is 15.3 Å². The molecule has 1 aromatic heterocycles. The Morgan fingerprint density at radius 2 is 2.29 bits per heavy atom. The lowest BCUT2D eigenvalue weighted by Crippen LogP contribution is -2.56. The summed E-state index contributed by atoms with van der Waals surface area (Å²) in [5.41, 5.74) is 0.743. The van der Waals surface area contributed by atoms with Gasteiger partial charge in [0.05, 0.1) is 18.8 Å². The standard InChI is InChI=1S/C11H14N4O2/c1-7-11(17)13-5-10(16)15(7)6-9-3-4-12-8(2)14-9/h3-4,7H,5-6H2,1-2H3,(H,13,17). The van der Waals surface area contributed by atoms with E-state index in [1.807, 2.05) is 0 Å². The van der Waals surface area contributed by atoms with Crippen LogP contribution >= 0.6 is 0 Å². The molecule has 0 aliphatic carbocycles. The minimum absolute atomic E-state index is 0.0627. The molecule has 1 atom stereocenters. The van der Waals surface area contributed by atoms with Crippen LogP contribution < -0.4 is 5.32 Å². The van der Waals surface area contributed by atoms with E-state index in [-0.39, 0.29) is 18.4 Å². The number of aromatic nitrogens is 2. The van der Waals surface area contributed by atoms with Crippen molar-refractivity contribution in [3.8, 4) is 0 Å². The van der Waals surface area contributed by atoms with Crippen molar-refractivity contribution in [2.75, 3.05) is 6.54 Å². The van der Waals surface area contributed by atoms with Gasteiger partial charge in [0.2, 0.25) is 11.8 Å². The van der Waals surface area contributed by atoms with E-state index in [0.29, 0.717) is 12.4 Å². The first kappa shape index (κ1) is 11.5. The summed E-state index contributed by atoms with van der Waals surface area (Å²) in [6.07, 6.45) is 1.65. The number of hydrogen-bond acceptors (Lipinski definition) is 4. The summed E-state index contributed by atoms with van der Waals surface area (Å²) >= 11 is 0. The molecule has 1 fully saturated rings. The van der Waals surface area contributed by atoms with Crippen LogP contribution in [0.1, 0.15) is 18.4 Å². The maximum absolute atomic E-state index is 11.7. The van der Waals surface area contributed by atoms with Gasteiger partial charge in [0.25, 0.3) is 0 Å². The molecule has 17 heavy (non-hydrogen) atoms.